The van der Waals surface area contributed by atoms with Crippen molar-refractivity contribution >= 4 is 41.5 Å². The first kappa shape index (κ1) is 40.2. The molecule has 6 atom stereocenters. The fourth-order valence-electron chi connectivity index (χ4n) is 3.91. The van der Waals surface area contributed by atoms with E-state index < -0.39 is 84.1 Å². The zero-order valence-electron chi connectivity index (χ0n) is 26.5. The van der Waals surface area contributed by atoms with Crippen LogP contribution in [0, 0.1) is 11.8 Å². The number of amides is 5. The molecule has 44 heavy (non-hydrogen) atoms. The summed E-state index contributed by atoms with van der Waals surface area (Å²) in [6, 6.07) is -6.88. The smallest absolute Gasteiger partial charge is 0.326 e. The molecule has 0 aliphatic rings. The number of aliphatic carboxylic acids is 2. The maximum Gasteiger partial charge on any atom is 0.326 e. The maximum absolute atomic E-state index is 13.2. The van der Waals surface area contributed by atoms with E-state index in [1.165, 1.54) is 13.8 Å². The molecule has 5 amide bonds. The van der Waals surface area contributed by atoms with Crippen LogP contribution in [-0.4, -0.2) is 94.5 Å². The predicted octanol–water partition coefficient (Wildman–Crippen LogP) is -1.44. The van der Waals surface area contributed by atoms with E-state index in [1.54, 1.807) is 27.7 Å². The molecular weight excluding hydrogens is 578 g/mol. The molecule has 0 rings (SSSR count). The first-order valence-electron chi connectivity index (χ1n) is 14.8. The molecule has 0 spiro atoms. The molecular formula is C28H51N7O9. The van der Waals surface area contributed by atoms with Gasteiger partial charge in [0.2, 0.25) is 29.5 Å². The third-order valence-electron chi connectivity index (χ3n) is 6.71. The van der Waals surface area contributed by atoms with Gasteiger partial charge >= 0.3 is 11.9 Å². The number of carboxylic acid groups (broad SMARTS) is 2. The molecule has 0 aromatic rings. The normalized spacial score (nSPS) is 15.2. The molecule has 0 aliphatic heterocycles. The van der Waals surface area contributed by atoms with Gasteiger partial charge in [-0.1, -0.05) is 27.7 Å². The van der Waals surface area contributed by atoms with Crippen molar-refractivity contribution in [1.29, 1.82) is 0 Å². The van der Waals surface area contributed by atoms with Gasteiger partial charge in [0.25, 0.3) is 0 Å². The van der Waals surface area contributed by atoms with Gasteiger partial charge < -0.3 is 48.3 Å². The van der Waals surface area contributed by atoms with Crippen LogP contribution in [0.3, 0.4) is 0 Å². The molecule has 0 aliphatic carbocycles. The summed E-state index contributed by atoms with van der Waals surface area (Å²) in [4.78, 5) is 86.9. The zero-order chi connectivity index (χ0) is 34.1. The standard InChI is InChI=1S/C28H51N7O9/c1-14(2)13-20(28(43)44)35-24(39)16(5)31-25(40)18(9-7-8-12-29)34-26(41)19(10-11-21(36)37)33-23(38)17(6)32-27(42)22(30)15(3)4/h14-20,22H,7-13,29-30H2,1-6H3,(H,31,40)(H,32,42)(H,33,38)(H,34,41)(H,35,39)(H,36,37)(H,43,44)/t16-,17-,18-,19-,20-,22-/m0/s1. The highest BCUT2D eigenvalue weighted by Gasteiger charge is 2.31. The average Bonchev–Trinajstić information content (AvgIpc) is 2.92. The van der Waals surface area contributed by atoms with Crippen LogP contribution in [0.4, 0.5) is 0 Å². The molecule has 0 unspecified atom stereocenters. The summed E-state index contributed by atoms with van der Waals surface area (Å²) in [6.45, 7) is 10.1. The molecule has 11 N–H and O–H groups in total. The molecule has 0 radical (unpaired) electrons. The molecule has 0 bridgehead atoms. The van der Waals surface area contributed by atoms with Crippen LogP contribution in [0.15, 0.2) is 0 Å². The average molecular weight is 630 g/mol. The fourth-order valence-corrected chi connectivity index (χ4v) is 3.91. The van der Waals surface area contributed by atoms with Gasteiger partial charge in [0.15, 0.2) is 0 Å². The highest BCUT2D eigenvalue weighted by molar-refractivity contribution is 5.96. The summed E-state index contributed by atoms with van der Waals surface area (Å²) < 4.78 is 0. The lowest BCUT2D eigenvalue weighted by Crippen LogP contribution is -2.58. The summed E-state index contributed by atoms with van der Waals surface area (Å²) >= 11 is 0. The highest BCUT2D eigenvalue weighted by Crippen LogP contribution is 2.08. The van der Waals surface area contributed by atoms with Crippen LogP contribution in [0.25, 0.3) is 0 Å². The predicted molar refractivity (Wildman–Crippen MR) is 161 cm³/mol. The van der Waals surface area contributed by atoms with E-state index in [-0.39, 0.29) is 31.1 Å². The first-order valence-corrected chi connectivity index (χ1v) is 14.8. The second-order valence-corrected chi connectivity index (χ2v) is 11.6. The number of carboxylic acids is 2. The third-order valence-corrected chi connectivity index (χ3v) is 6.71. The number of carbonyl (C=O) groups is 7. The molecule has 252 valence electrons. The van der Waals surface area contributed by atoms with Gasteiger partial charge in [-0.2, -0.15) is 0 Å². The Morgan fingerprint density at radius 1 is 0.614 bits per heavy atom. The first-order chi connectivity index (χ1) is 20.4. The lowest BCUT2D eigenvalue weighted by atomic mass is 10.0. The van der Waals surface area contributed by atoms with Crippen molar-refractivity contribution < 1.29 is 43.8 Å². The highest BCUT2D eigenvalue weighted by atomic mass is 16.4. The molecule has 0 aromatic carbocycles. The van der Waals surface area contributed by atoms with Gasteiger partial charge in [-0.25, -0.2) is 4.79 Å². The topological polar surface area (TPSA) is 272 Å². The van der Waals surface area contributed by atoms with E-state index in [2.05, 4.69) is 26.6 Å². The minimum Gasteiger partial charge on any atom is -0.481 e. The Morgan fingerprint density at radius 2 is 1.07 bits per heavy atom. The number of nitrogens with one attached hydrogen (secondary N) is 5. The van der Waals surface area contributed by atoms with Crippen molar-refractivity contribution in [1.82, 2.24) is 26.6 Å². The summed E-state index contributed by atoms with van der Waals surface area (Å²) in [7, 11) is 0. The second kappa shape index (κ2) is 20.2. The lowest BCUT2D eigenvalue weighted by Gasteiger charge is -2.26. The summed E-state index contributed by atoms with van der Waals surface area (Å²) in [5, 5.41) is 30.8. The number of hydrogen-bond donors (Lipinski definition) is 9. The molecule has 16 nitrogen and oxygen atoms in total. The van der Waals surface area contributed by atoms with Crippen molar-refractivity contribution in [2.24, 2.45) is 23.3 Å². The Labute approximate surface area is 258 Å². The van der Waals surface area contributed by atoms with Gasteiger partial charge in [0.1, 0.15) is 30.2 Å². The van der Waals surface area contributed by atoms with Gasteiger partial charge in [0.05, 0.1) is 6.04 Å². The van der Waals surface area contributed by atoms with E-state index in [0.717, 1.165) is 0 Å². The van der Waals surface area contributed by atoms with Crippen LogP contribution in [0.5, 0.6) is 0 Å². The minimum atomic E-state index is -1.38. The number of carbonyl (C=O) groups excluding carboxylic acids is 5. The van der Waals surface area contributed by atoms with Gasteiger partial charge in [-0.3, -0.25) is 28.8 Å². The maximum atomic E-state index is 13.2. The summed E-state index contributed by atoms with van der Waals surface area (Å²) in [6.07, 6.45) is 0.403. The van der Waals surface area contributed by atoms with Gasteiger partial charge in [-0.15, -0.1) is 0 Å². The molecule has 0 saturated heterocycles. The van der Waals surface area contributed by atoms with E-state index in [4.69, 9.17) is 16.6 Å². The molecule has 0 heterocycles. The second-order valence-electron chi connectivity index (χ2n) is 11.6. The zero-order valence-corrected chi connectivity index (χ0v) is 26.5. The summed E-state index contributed by atoms with van der Waals surface area (Å²) in [5.41, 5.74) is 11.4. The quantitative estimate of drug-likeness (QED) is 0.0663. The van der Waals surface area contributed by atoms with Crippen LogP contribution in [0.1, 0.15) is 80.1 Å². The van der Waals surface area contributed by atoms with Crippen LogP contribution in [0.2, 0.25) is 0 Å². The SMILES string of the molecule is CC(C)C[C@H](NC(=O)[C@H](C)NC(=O)[C@H](CCCCN)NC(=O)[C@H](CCC(=O)O)NC(=O)[C@H](C)NC(=O)[C@@H](N)C(C)C)C(=O)O. The number of nitrogens with two attached hydrogens (primary N) is 2. The number of hydrogen-bond acceptors (Lipinski definition) is 9. The van der Waals surface area contributed by atoms with Crippen molar-refractivity contribution in [2.75, 3.05) is 6.54 Å². The van der Waals surface area contributed by atoms with E-state index in [1.807, 2.05) is 0 Å². The van der Waals surface area contributed by atoms with Gasteiger partial charge in [-0.05, 0) is 64.3 Å². The van der Waals surface area contributed by atoms with Crippen LogP contribution < -0.4 is 38.1 Å². The van der Waals surface area contributed by atoms with Crippen molar-refractivity contribution in [2.45, 2.75) is 116 Å². The van der Waals surface area contributed by atoms with E-state index in [9.17, 15) is 38.7 Å². The molecule has 0 saturated carbocycles. The van der Waals surface area contributed by atoms with Gasteiger partial charge in [0, 0.05) is 6.42 Å². The Kier molecular flexibility index (Phi) is 18.5. The third kappa shape index (κ3) is 15.6. The van der Waals surface area contributed by atoms with E-state index in [0.29, 0.717) is 19.4 Å². The molecule has 0 fully saturated rings. The Hall–Kier alpha value is -3.79. The summed E-state index contributed by atoms with van der Waals surface area (Å²) in [5.74, 6) is -6.36. The Bertz CT molecular complexity index is 1010. The molecule has 16 heteroatoms. The number of rotatable bonds is 21. The van der Waals surface area contributed by atoms with Crippen molar-refractivity contribution in [3.05, 3.63) is 0 Å². The number of unbranched alkanes of at least 4 members (excludes halogenated alkanes) is 1. The van der Waals surface area contributed by atoms with Crippen molar-refractivity contribution in [3.63, 3.8) is 0 Å². The van der Waals surface area contributed by atoms with Crippen molar-refractivity contribution in [3.8, 4) is 0 Å². The Morgan fingerprint density at radius 3 is 1.52 bits per heavy atom. The van der Waals surface area contributed by atoms with E-state index >= 15 is 0 Å². The fraction of sp³-hybridized carbons (Fsp3) is 0.750. The Balaban J connectivity index is 5.71. The minimum absolute atomic E-state index is 0.0186. The molecule has 0 aromatic heterocycles. The van der Waals surface area contributed by atoms with Crippen LogP contribution >= 0.6 is 0 Å². The largest absolute Gasteiger partial charge is 0.481 e. The van der Waals surface area contributed by atoms with Crippen LogP contribution in [-0.2, 0) is 33.6 Å². The monoisotopic (exact) mass is 629 g/mol. The lowest BCUT2D eigenvalue weighted by molar-refractivity contribution is -0.142.